The van der Waals surface area contributed by atoms with Gasteiger partial charge in [-0.3, -0.25) is 9.69 Å². The zero-order valence-corrected chi connectivity index (χ0v) is 11.8. The molecule has 3 rings (SSSR count). The van der Waals surface area contributed by atoms with E-state index in [4.69, 9.17) is 0 Å². The zero-order chi connectivity index (χ0) is 12.7. The van der Waals surface area contributed by atoms with E-state index in [9.17, 15) is 4.79 Å². The minimum absolute atomic E-state index is 0.155. The van der Waals surface area contributed by atoms with Crippen LogP contribution in [-0.2, 0) is 4.79 Å². The van der Waals surface area contributed by atoms with Gasteiger partial charge in [0, 0.05) is 26.1 Å². The van der Waals surface area contributed by atoms with Gasteiger partial charge in [-0.1, -0.05) is 6.42 Å². The number of Topliss-reactive ketones (excluding diaryl/α,β-unsaturated/α-hetero) is 1. The van der Waals surface area contributed by atoms with Crippen LogP contribution in [0.15, 0.2) is 0 Å². The van der Waals surface area contributed by atoms with Gasteiger partial charge in [0.05, 0.1) is 6.04 Å². The summed E-state index contributed by atoms with van der Waals surface area (Å²) in [4.78, 5) is 17.1. The smallest absolute Gasteiger partial charge is 0.151 e. The van der Waals surface area contributed by atoms with Gasteiger partial charge in [-0.2, -0.15) is 0 Å². The van der Waals surface area contributed by atoms with Crippen LogP contribution in [-0.4, -0.2) is 55.4 Å². The Morgan fingerprint density at radius 3 is 2.67 bits per heavy atom. The quantitative estimate of drug-likeness (QED) is 0.760. The average molecular weight is 250 g/mol. The maximum atomic E-state index is 12.5. The maximum absolute atomic E-state index is 12.5. The maximum Gasteiger partial charge on any atom is 0.151 e. The molecule has 0 N–H and O–H groups in total. The highest BCUT2D eigenvalue weighted by Gasteiger charge is 2.41. The van der Waals surface area contributed by atoms with Crippen LogP contribution in [0.1, 0.15) is 32.1 Å². The summed E-state index contributed by atoms with van der Waals surface area (Å²) in [6.45, 7) is 3.05. The van der Waals surface area contributed by atoms with Crippen molar-refractivity contribution in [2.45, 2.75) is 38.1 Å². The highest BCUT2D eigenvalue weighted by Crippen LogP contribution is 2.49. The Labute approximate surface area is 111 Å². The second-order valence-corrected chi connectivity index (χ2v) is 6.86. The van der Waals surface area contributed by atoms with Gasteiger partial charge in [-0.05, 0) is 51.1 Å². The molecule has 0 radical (unpaired) electrons. The van der Waals surface area contributed by atoms with Crippen molar-refractivity contribution < 1.29 is 4.79 Å². The van der Waals surface area contributed by atoms with E-state index < -0.39 is 0 Å². The molecule has 0 spiro atoms. The number of fused-ring (bicyclic) bond motifs is 2. The molecule has 0 aromatic carbocycles. The number of ketones is 1. The van der Waals surface area contributed by atoms with Crippen molar-refractivity contribution in [3.8, 4) is 0 Å². The van der Waals surface area contributed by atoms with Gasteiger partial charge in [0.15, 0.2) is 5.78 Å². The highest BCUT2D eigenvalue weighted by atomic mass is 16.1. The normalized spacial score (nSPS) is 41.4. The lowest BCUT2D eigenvalue weighted by Crippen LogP contribution is -2.53. The predicted octanol–water partition coefficient (Wildman–Crippen LogP) is 1.63. The number of rotatable bonds is 3. The summed E-state index contributed by atoms with van der Waals surface area (Å²) in [6, 6.07) is 0.155. The van der Waals surface area contributed by atoms with E-state index in [0.29, 0.717) is 5.78 Å². The third kappa shape index (κ3) is 2.35. The molecule has 2 saturated carbocycles. The molecule has 1 saturated heterocycles. The van der Waals surface area contributed by atoms with Crippen LogP contribution in [0.3, 0.4) is 0 Å². The number of hydrogen-bond acceptors (Lipinski definition) is 3. The molecular weight excluding hydrogens is 224 g/mol. The van der Waals surface area contributed by atoms with Crippen LogP contribution in [0.4, 0.5) is 0 Å². The SMILES string of the molecule is CN1CCN(C)C(C(=O)CC2CC3CCC2C3)C1. The molecular formula is C15H26N2O. The van der Waals surface area contributed by atoms with Crippen molar-refractivity contribution in [1.82, 2.24) is 9.80 Å². The van der Waals surface area contributed by atoms with E-state index in [1.165, 1.54) is 25.7 Å². The van der Waals surface area contributed by atoms with Crippen molar-refractivity contribution in [1.29, 1.82) is 0 Å². The van der Waals surface area contributed by atoms with Gasteiger partial charge in [0.1, 0.15) is 0 Å². The first-order valence-corrected chi connectivity index (χ1v) is 7.55. The molecule has 1 heterocycles. The van der Waals surface area contributed by atoms with Crippen molar-refractivity contribution in [3.63, 3.8) is 0 Å². The molecule has 102 valence electrons. The minimum Gasteiger partial charge on any atom is -0.303 e. The number of likely N-dealkylation sites (N-methyl/N-ethyl adjacent to an activating group) is 2. The predicted molar refractivity (Wildman–Crippen MR) is 72.5 cm³/mol. The number of hydrogen-bond donors (Lipinski definition) is 0. The monoisotopic (exact) mass is 250 g/mol. The molecule has 2 bridgehead atoms. The fraction of sp³-hybridized carbons (Fsp3) is 0.933. The topological polar surface area (TPSA) is 23.6 Å². The van der Waals surface area contributed by atoms with E-state index >= 15 is 0 Å². The summed E-state index contributed by atoms with van der Waals surface area (Å²) >= 11 is 0. The first kappa shape index (κ1) is 12.6. The summed E-state index contributed by atoms with van der Waals surface area (Å²) < 4.78 is 0. The molecule has 0 aromatic rings. The largest absolute Gasteiger partial charge is 0.303 e. The first-order valence-electron chi connectivity index (χ1n) is 7.55. The van der Waals surface area contributed by atoms with Gasteiger partial charge in [0.25, 0.3) is 0 Å². The van der Waals surface area contributed by atoms with Crippen LogP contribution in [0, 0.1) is 17.8 Å². The lowest BCUT2D eigenvalue weighted by molar-refractivity contribution is -0.127. The third-order valence-corrected chi connectivity index (χ3v) is 5.57. The Kier molecular flexibility index (Phi) is 3.46. The van der Waals surface area contributed by atoms with Crippen LogP contribution < -0.4 is 0 Å². The number of nitrogens with zero attached hydrogens (tertiary/aromatic N) is 2. The van der Waals surface area contributed by atoms with Crippen LogP contribution in [0.5, 0.6) is 0 Å². The molecule has 3 fully saturated rings. The lowest BCUT2D eigenvalue weighted by atomic mass is 9.84. The van der Waals surface area contributed by atoms with E-state index in [1.807, 2.05) is 0 Å². The standard InChI is InChI=1S/C15H26N2O/c1-16-5-6-17(2)14(10-16)15(18)9-13-8-11-3-4-12(13)7-11/h11-14H,3-10H2,1-2H3. The summed E-state index contributed by atoms with van der Waals surface area (Å²) in [6.07, 6.45) is 6.43. The average Bonchev–Trinajstić information content (AvgIpc) is 2.94. The Morgan fingerprint density at radius 2 is 2.00 bits per heavy atom. The molecule has 4 unspecified atom stereocenters. The van der Waals surface area contributed by atoms with Crippen LogP contribution >= 0.6 is 0 Å². The third-order valence-electron chi connectivity index (χ3n) is 5.57. The Hall–Kier alpha value is -0.410. The summed E-state index contributed by atoms with van der Waals surface area (Å²) in [5.41, 5.74) is 0. The highest BCUT2D eigenvalue weighted by molar-refractivity contribution is 5.84. The van der Waals surface area contributed by atoms with Crippen molar-refractivity contribution in [2.75, 3.05) is 33.7 Å². The van der Waals surface area contributed by atoms with Gasteiger partial charge in [-0.25, -0.2) is 0 Å². The van der Waals surface area contributed by atoms with Crippen molar-refractivity contribution >= 4 is 5.78 Å². The van der Waals surface area contributed by atoms with E-state index in [2.05, 4.69) is 23.9 Å². The lowest BCUT2D eigenvalue weighted by Gasteiger charge is -2.37. The van der Waals surface area contributed by atoms with Gasteiger partial charge >= 0.3 is 0 Å². The molecule has 0 aromatic heterocycles. The number of carbonyl (C=O) groups is 1. The van der Waals surface area contributed by atoms with Gasteiger partial charge < -0.3 is 4.90 Å². The molecule has 18 heavy (non-hydrogen) atoms. The van der Waals surface area contributed by atoms with E-state index in [0.717, 1.165) is 43.8 Å². The number of piperazine rings is 1. The van der Waals surface area contributed by atoms with Crippen LogP contribution in [0.25, 0.3) is 0 Å². The van der Waals surface area contributed by atoms with Crippen molar-refractivity contribution in [3.05, 3.63) is 0 Å². The Morgan fingerprint density at radius 1 is 1.17 bits per heavy atom. The second-order valence-electron chi connectivity index (χ2n) is 6.86. The molecule has 3 aliphatic rings. The molecule has 4 atom stereocenters. The van der Waals surface area contributed by atoms with Crippen molar-refractivity contribution in [2.24, 2.45) is 17.8 Å². The zero-order valence-electron chi connectivity index (χ0n) is 11.8. The fourth-order valence-corrected chi connectivity index (χ4v) is 4.38. The van der Waals surface area contributed by atoms with Crippen LogP contribution in [0.2, 0.25) is 0 Å². The minimum atomic E-state index is 0.155. The Bertz CT molecular complexity index is 330. The van der Waals surface area contributed by atoms with Gasteiger partial charge in [0.2, 0.25) is 0 Å². The summed E-state index contributed by atoms with van der Waals surface area (Å²) in [5, 5.41) is 0. The first-order chi connectivity index (χ1) is 8.63. The van der Waals surface area contributed by atoms with Gasteiger partial charge in [-0.15, -0.1) is 0 Å². The van der Waals surface area contributed by atoms with E-state index in [-0.39, 0.29) is 6.04 Å². The summed E-state index contributed by atoms with van der Waals surface area (Å²) in [7, 11) is 4.24. The molecule has 0 amide bonds. The van der Waals surface area contributed by atoms with E-state index in [1.54, 1.807) is 0 Å². The molecule has 3 heteroatoms. The number of carbonyl (C=O) groups excluding carboxylic acids is 1. The molecule has 2 aliphatic carbocycles. The summed E-state index contributed by atoms with van der Waals surface area (Å²) in [5.74, 6) is 3.06. The molecule has 1 aliphatic heterocycles. The second kappa shape index (κ2) is 4.93. The fourth-order valence-electron chi connectivity index (χ4n) is 4.38. The Balaban J connectivity index is 1.57. The molecule has 3 nitrogen and oxygen atoms in total.